The van der Waals surface area contributed by atoms with Crippen molar-refractivity contribution in [3.8, 4) is 28.1 Å². The molecule has 0 aliphatic heterocycles. The summed E-state index contributed by atoms with van der Waals surface area (Å²) in [5.41, 5.74) is 1.56. The van der Waals surface area contributed by atoms with Crippen molar-refractivity contribution in [3.63, 3.8) is 0 Å². The molecule has 0 spiro atoms. The average molecular weight is 457 g/mol. The highest BCUT2D eigenvalue weighted by Crippen LogP contribution is 2.36. The Morgan fingerprint density at radius 1 is 0.969 bits per heavy atom. The Balaban J connectivity index is 1.94. The van der Waals surface area contributed by atoms with E-state index in [0.717, 1.165) is 16.3 Å². The number of carboxylic acids is 1. The van der Waals surface area contributed by atoms with E-state index in [1.54, 1.807) is 36.4 Å². The fourth-order valence-electron chi connectivity index (χ4n) is 3.48. The van der Waals surface area contributed by atoms with Gasteiger partial charge in [-0.2, -0.15) is 18.3 Å². The molecular weight excluding hydrogens is 441 g/mol. The smallest absolute Gasteiger partial charge is 0.435 e. The second-order valence-corrected chi connectivity index (χ2v) is 7.62. The molecule has 1 heterocycles. The molecule has 0 radical (unpaired) electrons. The van der Waals surface area contributed by atoms with Crippen LogP contribution in [0.25, 0.3) is 28.1 Å². The summed E-state index contributed by atoms with van der Waals surface area (Å²) in [6.45, 7) is 1.89. The topological polar surface area (TPSA) is 55.1 Å². The SMILES string of the molecule is Cc1cccc(-c2ccc(-c3cc(C(F)(F)F)nn3-c3ccccc3Cl)cc2C(=O)O)c1. The number of benzene rings is 3. The lowest BCUT2D eigenvalue weighted by Crippen LogP contribution is -2.07. The first-order valence-corrected chi connectivity index (χ1v) is 9.90. The molecule has 0 amide bonds. The third kappa shape index (κ3) is 4.11. The first-order valence-electron chi connectivity index (χ1n) is 9.52. The van der Waals surface area contributed by atoms with Crippen LogP contribution in [-0.4, -0.2) is 20.9 Å². The van der Waals surface area contributed by atoms with E-state index in [0.29, 0.717) is 11.1 Å². The number of para-hydroxylation sites is 1. The molecule has 0 atom stereocenters. The number of aromatic nitrogens is 2. The van der Waals surface area contributed by atoms with Gasteiger partial charge in [-0.25, -0.2) is 9.48 Å². The molecule has 0 bridgehead atoms. The van der Waals surface area contributed by atoms with Gasteiger partial charge in [0.15, 0.2) is 5.69 Å². The van der Waals surface area contributed by atoms with Crippen LogP contribution in [0, 0.1) is 6.92 Å². The highest BCUT2D eigenvalue weighted by atomic mass is 35.5. The van der Waals surface area contributed by atoms with Crippen molar-refractivity contribution >= 4 is 17.6 Å². The Morgan fingerprint density at radius 2 is 1.72 bits per heavy atom. The lowest BCUT2D eigenvalue weighted by molar-refractivity contribution is -0.141. The van der Waals surface area contributed by atoms with Crippen molar-refractivity contribution in [2.75, 3.05) is 0 Å². The van der Waals surface area contributed by atoms with Gasteiger partial charge in [-0.15, -0.1) is 0 Å². The second kappa shape index (κ2) is 8.16. The summed E-state index contributed by atoms with van der Waals surface area (Å²) >= 11 is 6.21. The summed E-state index contributed by atoms with van der Waals surface area (Å²) in [5, 5.41) is 13.7. The molecule has 162 valence electrons. The third-order valence-corrected chi connectivity index (χ3v) is 5.27. The molecule has 1 N–H and O–H groups in total. The van der Waals surface area contributed by atoms with Gasteiger partial charge in [0.25, 0.3) is 0 Å². The predicted molar refractivity (Wildman–Crippen MR) is 116 cm³/mol. The van der Waals surface area contributed by atoms with Gasteiger partial charge in [-0.1, -0.05) is 65.7 Å². The van der Waals surface area contributed by atoms with E-state index in [4.69, 9.17) is 11.6 Å². The first kappa shape index (κ1) is 21.6. The summed E-state index contributed by atoms with van der Waals surface area (Å²) in [5.74, 6) is -1.19. The lowest BCUT2D eigenvalue weighted by atomic mass is 9.95. The molecule has 0 saturated heterocycles. The fraction of sp³-hybridized carbons (Fsp3) is 0.0833. The minimum absolute atomic E-state index is 0.0337. The van der Waals surface area contributed by atoms with Crippen LogP contribution in [0.1, 0.15) is 21.6 Å². The number of hydrogen-bond donors (Lipinski definition) is 1. The fourth-order valence-corrected chi connectivity index (χ4v) is 3.69. The molecule has 0 fully saturated rings. The van der Waals surface area contributed by atoms with Gasteiger partial charge in [0.2, 0.25) is 0 Å². The number of aryl methyl sites for hydroxylation is 1. The summed E-state index contributed by atoms with van der Waals surface area (Å²) in [6.07, 6.45) is -4.68. The van der Waals surface area contributed by atoms with Crippen molar-refractivity contribution in [2.45, 2.75) is 13.1 Å². The van der Waals surface area contributed by atoms with Gasteiger partial charge in [0, 0.05) is 5.56 Å². The van der Waals surface area contributed by atoms with Crippen molar-refractivity contribution in [1.29, 1.82) is 0 Å². The summed E-state index contributed by atoms with van der Waals surface area (Å²) < 4.78 is 41.4. The number of hydrogen-bond acceptors (Lipinski definition) is 2. The lowest BCUT2D eigenvalue weighted by Gasteiger charge is -2.12. The average Bonchev–Trinajstić information content (AvgIpc) is 3.19. The van der Waals surface area contributed by atoms with E-state index >= 15 is 0 Å². The number of aromatic carboxylic acids is 1. The van der Waals surface area contributed by atoms with Crippen LogP contribution < -0.4 is 0 Å². The zero-order valence-electron chi connectivity index (χ0n) is 16.7. The largest absolute Gasteiger partial charge is 0.478 e. The third-order valence-electron chi connectivity index (χ3n) is 4.96. The van der Waals surface area contributed by atoms with Gasteiger partial charge < -0.3 is 5.11 Å². The molecule has 4 nitrogen and oxygen atoms in total. The highest BCUT2D eigenvalue weighted by molar-refractivity contribution is 6.32. The first-order chi connectivity index (χ1) is 15.1. The van der Waals surface area contributed by atoms with E-state index in [1.807, 2.05) is 25.1 Å². The van der Waals surface area contributed by atoms with Crippen molar-refractivity contribution in [2.24, 2.45) is 0 Å². The Morgan fingerprint density at radius 3 is 2.38 bits per heavy atom. The van der Waals surface area contributed by atoms with Gasteiger partial charge in [0.05, 0.1) is 22.0 Å². The predicted octanol–water partition coefficient (Wildman–Crippen LogP) is 6.89. The normalized spacial score (nSPS) is 11.5. The molecule has 32 heavy (non-hydrogen) atoms. The zero-order chi connectivity index (χ0) is 23.0. The minimum Gasteiger partial charge on any atom is -0.478 e. The van der Waals surface area contributed by atoms with E-state index in [1.165, 1.54) is 12.1 Å². The Bertz CT molecular complexity index is 1330. The van der Waals surface area contributed by atoms with Crippen molar-refractivity contribution in [3.05, 3.63) is 94.6 Å². The van der Waals surface area contributed by atoms with Crippen LogP contribution in [0.15, 0.2) is 72.8 Å². The van der Waals surface area contributed by atoms with Crippen LogP contribution in [0.2, 0.25) is 5.02 Å². The maximum absolute atomic E-state index is 13.4. The van der Waals surface area contributed by atoms with Gasteiger partial charge in [0.1, 0.15) is 0 Å². The van der Waals surface area contributed by atoms with Crippen LogP contribution in [0.5, 0.6) is 0 Å². The van der Waals surface area contributed by atoms with E-state index < -0.39 is 17.8 Å². The molecule has 0 aliphatic carbocycles. The Labute approximate surface area is 186 Å². The number of alkyl halides is 3. The molecule has 1 aromatic heterocycles. The molecule has 0 aliphatic rings. The van der Waals surface area contributed by atoms with Gasteiger partial charge >= 0.3 is 12.1 Å². The molecule has 0 saturated carbocycles. The van der Waals surface area contributed by atoms with Crippen LogP contribution in [-0.2, 0) is 6.18 Å². The van der Waals surface area contributed by atoms with Crippen molar-refractivity contribution < 1.29 is 23.1 Å². The van der Waals surface area contributed by atoms with Gasteiger partial charge in [-0.3, -0.25) is 0 Å². The molecular formula is C24H16ClF3N2O2. The molecule has 0 unspecified atom stereocenters. The molecule has 4 aromatic rings. The number of nitrogens with zero attached hydrogens (tertiary/aromatic N) is 2. The van der Waals surface area contributed by atoms with Crippen LogP contribution in [0.3, 0.4) is 0 Å². The highest BCUT2D eigenvalue weighted by Gasteiger charge is 2.35. The summed E-state index contributed by atoms with van der Waals surface area (Å²) in [6, 6.07) is 19.1. The van der Waals surface area contributed by atoms with E-state index in [2.05, 4.69) is 5.10 Å². The summed E-state index contributed by atoms with van der Waals surface area (Å²) in [4.78, 5) is 12.0. The van der Waals surface area contributed by atoms with Crippen LogP contribution in [0.4, 0.5) is 13.2 Å². The standard InChI is InChI=1S/C24H16ClF3N2O2/c1-14-5-4-6-15(11-14)17-10-9-16(12-18(17)23(31)32)21-13-22(24(26,27)28)29-30(21)20-8-3-2-7-19(20)25/h2-13H,1H3,(H,31,32). The number of carbonyl (C=O) groups is 1. The van der Waals surface area contributed by atoms with E-state index in [-0.39, 0.29) is 27.5 Å². The number of halogens is 4. The Kier molecular flexibility index (Phi) is 5.52. The minimum atomic E-state index is -4.68. The molecule has 4 rings (SSSR count). The second-order valence-electron chi connectivity index (χ2n) is 7.21. The zero-order valence-corrected chi connectivity index (χ0v) is 17.4. The Hall–Kier alpha value is -3.58. The van der Waals surface area contributed by atoms with Crippen molar-refractivity contribution in [1.82, 2.24) is 9.78 Å². The quantitative estimate of drug-likeness (QED) is 0.364. The summed E-state index contributed by atoms with van der Waals surface area (Å²) in [7, 11) is 0. The van der Waals surface area contributed by atoms with E-state index in [9.17, 15) is 23.1 Å². The maximum Gasteiger partial charge on any atom is 0.435 e. The number of carboxylic acid groups (broad SMARTS) is 1. The molecule has 8 heteroatoms. The molecule has 3 aromatic carbocycles. The number of rotatable bonds is 4. The van der Waals surface area contributed by atoms with Crippen LogP contribution >= 0.6 is 11.6 Å². The monoisotopic (exact) mass is 456 g/mol. The maximum atomic E-state index is 13.4. The van der Waals surface area contributed by atoms with Gasteiger partial charge in [-0.05, 0) is 42.3 Å².